The van der Waals surface area contributed by atoms with E-state index in [9.17, 15) is 0 Å². The number of nitrogens with zero attached hydrogens (tertiary/aromatic N) is 2. The minimum atomic E-state index is 0.153. The number of hydrogen-bond donors (Lipinski definition) is 1. The first-order valence-corrected chi connectivity index (χ1v) is 7.78. The molecule has 1 aromatic heterocycles. The number of halogens is 1. The second-order valence-electron chi connectivity index (χ2n) is 4.80. The van der Waals surface area contributed by atoms with Crippen molar-refractivity contribution < 1.29 is 4.74 Å². The molecule has 5 heteroatoms. The van der Waals surface area contributed by atoms with Crippen LogP contribution in [0.25, 0.3) is 0 Å². The van der Waals surface area contributed by atoms with Gasteiger partial charge in [-0.05, 0) is 49.7 Å². The molecular formula is C16H20BrN3O. The van der Waals surface area contributed by atoms with Crippen molar-refractivity contribution in [2.45, 2.75) is 26.3 Å². The van der Waals surface area contributed by atoms with Crippen LogP contribution >= 0.6 is 15.9 Å². The molecule has 0 aliphatic rings. The molecule has 0 spiro atoms. The summed E-state index contributed by atoms with van der Waals surface area (Å²) in [5.74, 6) is 1.66. The number of likely N-dealkylation sites (N-methyl/N-ethyl adjacent to an activating group) is 1. The van der Waals surface area contributed by atoms with Crippen molar-refractivity contribution in [1.82, 2.24) is 15.3 Å². The third-order valence-corrected chi connectivity index (χ3v) is 4.06. The highest BCUT2D eigenvalue weighted by molar-refractivity contribution is 9.10. The molecule has 1 unspecified atom stereocenters. The number of aromatic nitrogens is 2. The van der Waals surface area contributed by atoms with Crippen molar-refractivity contribution in [3.05, 3.63) is 52.0 Å². The van der Waals surface area contributed by atoms with E-state index >= 15 is 0 Å². The molecule has 0 bridgehead atoms. The van der Waals surface area contributed by atoms with E-state index in [0.29, 0.717) is 0 Å². The molecule has 0 saturated carbocycles. The van der Waals surface area contributed by atoms with Crippen LogP contribution in [0.5, 0.6) is 5.75 Å². The lowest BCUT2D eigenvalue weighted by Gasteiger charge is -2.19. The normalized spacial score (nSPS) is 12.2. The summed E-state index contributed by atoms with van der Waals surface area (Å²) >= 11 is 3.61. The summed E-state index contributed by atoms with van der Waals surface area (Å²) in [6.07, 6.45) is 2.64. The topological polar surface area (TPSA) is 47.0 Å². The second-order valence-corrected chi connectivity index (χ2v) is 5.65. The number of ether oxygens (including phenoxy) is 1. The Bertz CT molecular complexity index is 604. The van der Waals surface area contributed by atoms with Crippen LogP contribution in [0.4, 0.5) is 0 Å². The molecule has 21 heavy (non-hydrogen) atoms. The predicted molar refractivity (Wildman–Crippen MR) is 87.6 cm³/mol. The largest absolute Gasteiger partial charge is 0.497 e. The lowest BCUT2D eigenvalue weighted by Crippen LogP contribution is -2.24. The van der Waals surface area contributed by atoms with Gasteiger partial charge in [0.2, 0.25) is 0 Å². The van der Waals surface area contributed by atoms with Gasteiger partial charge in [-0.1, -0.05) is 22.9 Å². The van der Waals surface area contributed by atoms with Gasteiger partial charge in [0.1, 0.15) is 11.6 Å². The van der Waals surface area contributed by atoms with E-state index in [-0.39, 0.29) is 6.04 Å². The molecule has 0 fully saturated rings. The zero-order chi connectivity index (χ0) is 15.2. The number of benzene rings is 1. The Morgan fingerprint density at radius 2 is 2.14 bits per heavy atom. The molecule has 2 rings (SSSR count). The van der Waals surface area contributed by atoms with Crippen LogP contribution in [0.1, 0.15) is 30.0 Å². The van der Waals surface area contributed by atoms with Crippen LogP contribution in [-0.4, -0.2) is 23.6 Å². The fraction of sp³-hybridized carbons (Fsp3) is 0.375. The van der Waals surface area contributed by atoms with Crippen molar-refractivity contribution in [2.24, 2.45) is 0 Å². The second kappa shape index (κ2) is 7.52. The third kappa shape index (κ3) is 4.25. The molecule has 0 saturated heterocycles. The van der Waals surface area contributed by atoms with Gasteiger partial charge in [0.25, 0.3) is 0 Å². The van der Waals surface area contributed by atoms with Crippen LogP contribution in [0.3, 0.4) is 0 Å². The maximum absolute atomic E-state index is 5.31. The SMILES string of the molecule is CCNC(Cc1cc(OC)ccc1Br)c1ccnc(C)n1. The molecule has 1 heterocycles. The lowest BCUT2D eigenvalue weighted by molar-refractivity contribution is 0.413. The Morgan fingerprint density at radius 1 is 1.33 bits per heavy atom. The number of hydrogen-bond acceptors (Lipinski definition) is 4. The molecule has 0 amide bonds. The van der Waals surface area contributed by atoms with Crippen LogP contribution in [0.15, 0.2) is 34.9 Å². The minimum Gasteiger partial charge on any atom is -0.497 e. The third-order valence-electron chi connectivity index (χ3n) is 3.28. The van der Waals surface area contributed by atoms with E-state index in [1.807, 2.05) is 31.3 Å². The van der Waals surface area contributed by atoms with Crippen molar-refractivity contribution in [1.29, 1.82) is 0 Å². The van der Waals surface area contributed by atoms with Crippen LogP contribution in [0, 0.1) is 6.92 Å². The molecular weight excluding hydrogens is 330 g/mol. The summed E-state index contributed by atoms with van der Waals surface area (Å²) in [6, 6.07) is 8.14. The molecule has 4 nitrogen and oxygen atoms in total. The van der Waals surface area contributed by atoms with Gasteiger partial charge in [-0.25, -0.2) is 9.97 Å². The molecule has 1 atom stereocenters. The first-order valence-electron chi connectivity index (χ1n) is 6.99. The monoisotopic (exact) mass is 349 g/mol. The maximum atomic E-state index is 5.31. The first kappa shape index (κ1) is 15.9. The van der Waals surface area contributed by atoms with Gasteiger partial charge in [0, 0.05) is 10.7 Å². The van der Waals surface area contributed by atoms with Gasteiger partial charge in [0.05, 0.1) is 18.8 Å². The average molecular weight is 350 g/mol. The van der Waals surface area contributed by atoms with Crippen LogP contribution in [0.2, 0.25) is 0 Å². The van der Waals surface area contributed by atoms with Crippen LogP contribution < -0.4 is 10.1 Å². The summed E-state index contributed by atoms with van der Waals surface area (Å²) < 4.78 is 6.39. The van der Waals surface area contributed by atoms with Gasteiger partial charge >= 0.3 is 0 Å². The summed E-state index contributed by atoms with van der Waals surface area (Å²) in [6.45, 7) is 4.89. The Labute approximate surface area is 134 Å². The number of rotatable bonds is 6. The van der Waals surface area contributed by atoms with Gasteiger partial charge in [-0.15, -0.1) is 0 Å². The standard InChI is InChI=1S/C16H20BrN3O/c1-4-18-16(15-7-8-19-11(2)20-15)10-12-9-13(21-3)5-6-14(12)17/h5-9,16,18H,4,10H2,1-3H3. The summed E-state index contributed by atoms with van der Waals surface area (Å²) in [5, 5.41) is 3.49. The Balaban J connectivity index is 2.28. The van der Waals surface area contributed by atoms with Gasteiger partial charge in [0.15, 0.2) is 0 Å². The van der Waals surface area contributed by atoms with Gasteiger partial charge in [-0.3, -0.25) is 0 Å². The van der Waals surface area contributed by atoms with E-state index in [1.165, 1.54) is 5.56 Å². The summed E-state index contributed by atoms with van der Waals surface area (Å²) in [4.78, 5) is 8.71. The predicted octanol–water partition coefficient (Wildman–Crippen LogP) is 3.45. The highest BCUT2D eigenvalue weighted by atomic mass is 79.9. The zero-order valence-electron chi connectivity index (χ0n) is 12.6. The molecule has 0 aliphatic carbocycles. The van der Waals surface area contributed by atoms with Crippen molar-refractivity contribution in [3.8, 4) is 5.75 Å². The quantitative estimate of drug-likeness (QED) is 0.867. The fourth-order valence-corrected chi connectivity index (χ4v) is 2.66. The van der Waals surface area contributed by atoms with Gasteiger partial charge < -0.3 is 10.1 Å². The van der Waals surface area contributed by atoms with E-state index in [2.05, 4.69) is 44.2 Å². The fourth-order valence-electron chi connectivity index (χ4n) is 2.25. The molecule has 2 aromatic rings. The molecule has 1 N–H and O–H groups in total. The van der Waals surface area contributed by atoms with E-state index < -0.39 is 0 Å². The minimum absolute atomic E-state index is 0.153. The average Bonchev–Trinajstić information content (AvgIpc) is 2.49. The lowest BCUT2D eigenvalue weighted by atomic mass is 10.0. The van der Waals surface area contributed by atoms with E-state index in [0.717, 1.165) is 34.7 Å². The Morgan fingerprint density at radius 3 is 2.81 bits per heavy atom. The van der Waals surface area contributed by atoms with Crippen molar-refractivity contribution in [3.63, 3.8) is 0 Å². The highest BCUT2D eigenvalue weighted by Gasteiger charge is 2.15. The number of nitrogens with one attached hydrogen (secondary N) is 1. The smallest absolute Gasteiger partial charge is 0.125 e. The highest BCUT2D eigenvalue weighted by Crippen LogP contribution is 2.27. The molecule has 112 valence electrons. The Hall–Kier alpha value is -1.46. The molecule has 0 aliphatic heterocycles. The van der Waals surface area contributed by atoms with Gasteiger partial charge in [-0.2, -0.15) is 0 Å². The zero-order valence-corrected chi connectivity index (χ0v) is 14.1. The first-order chi connectivity index (χ1) is 10.1. The Kier molecular flexibility index (Phi) is 5.70. The van der Waals surface area contributed by atoms with Crippen molar-refractivity contribution >= 4 is 15.9 Å². The summed E-state index contributed by atoms with van der Waals surface area (Å²) in [5.41, 5.74) is 2.20. The van der Waals surface area contributed by atoms with E-state index in [4.69, 9.17) is 4.74 Å². The van der Waals surface area contributed by atoms with Crippen molar-refractivity contribution in [2.75, 3.05) is 13.7 Å². The van der Waals surface area contributed by atoms with Crippen LogP contribution in [-0.2, 0) is 6.42 Å². The summed E-state index contributed by atoms with van der Waals surface area (Å²) in [7, 11) is 1.68. The number of methoxy groups -OCH3 is 1. The molecule has 0 radical (unpaired) electrons. The number of aryl methyl sites for hydroxylation is 1. The molecule has 1 aromatic carbocycles. The maximum Gasteiger partial charge on any atom is 0.125 e. The van der Waals surface area contributed by atoms with E-state index in [1.54, 1.807) is 7.11 Å².